The lowest BCUT2D eigenvalue weighted by Gasteiger charge is -2.03. The number of carbonyl (C=O) groups excluding carboxylic acids is 1. The molecule has 0 unspecified atom stereocenters. The average Bonchev–Trinajstić information content (AvgIpc) is 2.82. The van der Waals surface area contributed by atoms with Gasteiger partial charge in [0.1, 0.15) is 0 Å². The number of benzene rings is 2. The topological polar surface area (TPSA) is 32.9 Å². The number of fused-ring (bicyclic) bond motifs is 1. The minimum atomic E-state index is -0.118. The lowest BCUT2D eigenvalue weighted by atomic mass is 10.0. The summed E-state index contributed by atoms with van der Waals surface area (Å²) in [5.74, 6) is -0.118. The molecule has 0 aliphatic carbocycles. The Kier molecular flexibility index (Phi) is 3.59. The van der Waals surface area contributed by atoms with E-state index in [1.807, 2.05) is 12.1 Å². The first-order valence-corrected chi connectivity index (χ1v) is 7.37. The predicted octanol–water partition coefficient (Wildman–Crippen LogP) is 5.47. The van der Waals surface area contributed by atoms with Crippen molar-refractivity contribution in [3.05, 3.63) is 68.2 Å². The van der Waals surface area contributed by atoms with Crippen molar-refractivity contribution in [2.75, 3.05) is 0 Å². The fourth-order valence-electron chi connectivity index (χ4n) is 2.16. The summed E-state index contributed by atoms with van der Waals surface area (Å²) in [4.78, 5) is 15.7. The van der Waals surface area contributed by atoms with Gasteiger partial charge in [0.2, 0.25) is 0 Å². The number of carbonyl (C=O) groups is 1. The second kappa shape index (κ2) is 5.24. The lowest BCUT2D eigenvalue weighted by molar-refractivity contribution is 0.104. The Morgan fingerprint density at radius 2 is 1.95 bits per heavy atom. The zero-order valence-electron chi connectivity index (χ0n) is 10.1. The van der Waals surface area contributed by atoms with Gasteiger partial charge in [-0.3, -0.25) is 4.79 Å². The average molecular weight is 369 g/mol. The van der Waals surface area contributed by atoms with Crippen molar-refractivity contribution < 1.29 is 4.79 Å². The highest BCUT2D eigenvalue weighted by Gasteiger charge is 2.17. The van der Waals surface area contributed by atoms with Gasteiger partial charge < -0.3 is 4.98 Å². The van der Waals surface area contributed by atoms with E-state index in [9.17, 15) is 4.79 Å². The van der Waals surface area contributed by atoms with Gasteiger partial charge in [-0.1, -0.05) is 45.2 Å². The van der Waals surface area contributed by atoms with E-state index < -0.39 is 0 Å². The van der Waals surface area contributed by atoms with Gasteiger partial charge in [-0.05, 0) is 30.3 Å². The van der Waals surface area contributed by atoms with Crippen molar-refractivity contribution in [1.29, 1.82) is 0 Å². The van der Waals surface area contributed by atoms with Crippen molar-refractivity contribution >= 4 is 55.8 Å². The third-order valence-electron chi connectivity index (χ3n) is 3.02. The highest BCUT2D eigenvalue weighted by molar-refractivity contribution is 9.10. The number of rotatable bonds is 2. The van der Waals surface area contributed by atoms with Gasteiger partial charge >= 0.3 is 0 Å². The fraction of sp³-hybridized carbons (Fsp3) is 0. The van der Waals surface area contributed by atoms with E-state index in [0.29, 0.717) is 21.2 Å². The molecule has 0 radical (unpaired) electrons. The second-order valence-corrected chi connectivity index (χ2v) is 6.11. The van der Waals surface area contributed by atoms with Crippen molar-refractivity contribution in [2.24, 2.45) is 0 Å². The molecule has 0 bridgehead atoms. The number of hydrogen-bond acceptors (Lipinski definition) is 1. The van der Waals surface area contributed by atoms with Gasteiger partial charge in [0.15, 0.2) is 5.78 Å². The van der Waals surface area contributed by atoms with E-state index in [0.717, 1.165) is 15.4 Å². The number of aromatic amines is 1. The van der Waals surface area contributed by atoms with Gasteiger partial charge in [0.25, 0.3) is 0 Å². The third-order valence-corrected chi connectivity index (χ3v) is 4.02. The Balaban J connectivity index is 2.18. The van der Waals surface area contributed by atoms with Crippen LogP contribution in [-0.2, 0) is 0 Å². The van der Waals surface area contributed by atoms with E-state index in [2.05, 4.69) is 20.9 Å². The van der Waals surface area contributed by atoms with Crippen LogP contribution >= 0.6 is 39.1 Å². The number of aromatic nitrogens is 1. The Morgan fingerprint density at radius 3 is 2.70 bits per heavy atom. The maximum absolute atomic E-state index is 12.6. The lowest BCUT2D eigenvalue weighted by Crippen LogP contribution is -2.00. The predicted molar refractivity (Wildman–Crippen MR) is 85.9 cm³/mol. The zero-order valence-corrected chi connectivity index (χ0v) is 13.2. The highest BCUT2D eigenvalue weighted by Crippen LogP contribution is 2.29. The second-order valence-electron chi connectivity index (χ2n) is 4.35. The quantitative estimate of drug-likeness (QED) is 0.598. The Bertz CT molecular complexity index is 806. The Hall–Kier alpha value is -1.29. The number of hydrogen-bond donors (Lipinski definition) is 1. The zero-order chi connectivity index (χ0) is 14.3. The van der Waals surface area contributed by atoms with Gasteiger partial charge in [-0.2, -0.15) is 0 Å². The van der Waals surface area contributed by atoms with Crippen LogP contribution in [0.5, 0.6) is 0 Å². The standard InChI is InChI=1S/C15H8BrCl2NO/c16-9-4-8(5-10(17)6-9)15(20)11-7-19-13-3-1-2-12(18)14(11)13/h1-7,19H. The van der Waals surface area contributed by atoms with Crippen LogP contribution in [0.25, 0.3) is 10.9 Å². The largest absolute Gasteiger partial charge is 0.360 e. The van der Waals surface area contributed by atoms with Crippen LogP contribution in [0.2, 0.25) is 10.0 Å². The van der Waals surface area contributed by atoms with Crippen LogP contribution in [0.4, 0.5) is 0 Å². The van der Waals surface area contributed by atoms with Crippen LogP contribution in [0.3, 0.4) is 0 Å². The highest BCUT2D eigenvalue weighted by atomic mass is 79.9. The molecule has 0 aliphatic heterocycles. The molecule has 100 valence electrons. The minimum Gasteiger partial charge on any atom is -0.360 e. The maximum Gasteiger partial charge on any atom is 0.195 e. The van der Waals surface area contributed by atoms with Gasteiger partial charge in [-0.15, -0.1) is 0 Å². The molecule has 0 amide bonds. The van der Waals surface area contributed by atoms with Crippen LogP contribution in [0.1, 0.15) is 15.9 Å². The minimum absolute atomic E-state index is 0.118. The molecular formula is C15H8BrCl2NO. The molecular weight excluding hydrogens is 361 g/mol. The van der Waals surface area contributed by atoms with Gasteiger partial charge in [0, 0.05) is 37.7 Å². The molecule has 0 saturated carbocycles. The summed E-state index contributed by atoms with van der Waals surface area (Å²) in [5, 5.41) is 1.79. The molecule has 0 atom stereocenters. The molecule has 3 rings (SSSR count). The summed E-state index contributed by atoms with van der Waals surface area (Å²) in [6.07, 6.45) is 1.67. The molecule has 0 spiro atoms. The summed E-state index contributed by atoms with van der Waals surface area (Å²) >= 11 is 15.5. The van der Waals surface area contributed by atoms with E-state index in [1.54, 1.807) is 30.5 Å². The molecule has 1 aromatic heterocycles. The number of ketones is 1. The van der Waals surface area contributed by atoms with Crippen molar-refractivity contribution in [1.82, 2.24) is 4.98 Å². The summed E-state index contributed by atoms with van der Waals surface area (Å²) in [6, 6.07) is 10.6. The maximum atomic E-state index is 12.6. The SMILES string of the molecule is O=C(c1cc(Cl)cc(Br)c1)c1c[nH]c2cccc(Cl)c12. The molecule has 3 aromatic rings. The first-order valence-electron chi connectivity index (χ1n) is 5.82. The molecule has 1 N–H and O–H groups in total. The van der Waals surface area contributed by atoms with E-state index in [-0.39, 0.29) is 5.78 Å². The molecule has 5 heteroatoms. The summed E-state index contributed by atoms with van der Waals surface area (Å²) < 4.78 is 0.763. The first kappa shape index (κ1) is 13.7. The van der Waals surface area contributed by atoms with Crippen molar-refractivity contribution in [3.8, 4) is 0 Å². The molecule has 20 heavy (non-hydrogen) atoms. The third kappa shape index (κ3) is 2.37. The van der Waals surface area contributed by atoms with Crippen LogP contribution in [0.15, 0.2) is 47.1 Å². The smallest absolute Gasteiger partial charge is 0.195 e. The van der Waals surface area contributed by atoms with E-state index >= 15 is 0 Å². The van der Waals surface area contributed by atoms with Gasteiger partial charge in [0.05, 0.1) is 5.02 Å². The van der Waals surface area contributed by atoms with Crippen LogP contribution in [-0.4, -0.2) is 10.8 Å². The van der Waals surface area contributed by atoms with E-state index in [4.69, 9.17) is 23.2 Å². The van der Waals surface area contributed by atoms with E-state index in [1.165, 1.54) is 0 Å². The summed E-state index contributed by atoms with van der Waals surface area (Å²) in [7, 11) is 0. The van der Waals surface area contributed by atoms with Crippen molar-refractivity contribution in [3.63, 3.8) is 0 Å². The molecule has 0 saturated heterocycles. The Morgan fingerprint density at radius 1 is 1.15 bits per heavy atom. The monoisotopic (exact) mass is 367 g/mol. The molecule has 1 heterocycles. The summed E-state index contributed by atoms with van der Waals surface area (Å²) in [6.45, 7) is 0. The van der Waals surface area contributed by atoms with Crippen LogP contribution < -0.4 is 0 Å². The van der Waals surface area contributed by atoms with Crippen LogP contribution in [0, 0.1) is 0 Å². The fourth-order valence-corrected chi connectivity index (χ4v) is 3.30. The molecule has 2 aromatic carbocycles. The number of H-pyrrole nitrogens is 1. The number of nitrogens with one attached hydrogen (secondary N) is 1. The summed E-state index contributed by atoms with van der Waals surface area (Å²) in [5.41, 5.74) is 1.90. The first-order chi connectivity index (χ1) is 9.56. The molecule has 0 aliphatic rings. The Labute approximate surface area is 133 Å². The van der Waals surface area contributed by atoms with Gasteiger partial charge in [-0.25, -0.2) is 0 Å². The number of halogens is 3. The molecule has 2 nitrogen and oxygen atoms in total. The van der Waals surface area contributed by atoms with Crippen molar-refractivity contribution in [2.45, 2.75) is 0 Å². The molecule has 0 fully saturated rings. The normalized spacial score (nSPS) is 10.9.